The molecular weight excluding hydrogens is 333 g/mol. The second-order valence-corrected chi connectivity index (χ2v) is 4.97. The Kier molecular flexibility index (Phi) is 4.77. The van der Waals surface area contributed by atoms with Crippen LogP contribution in [0.15, 0.2) is 30.3 Å². The molecule has 0 saturated heterocycles. The van der Waals surface area contributed by atoms with Gasteiger partial charge in [0.25, 0.3) is 0 Å². The molecule has 2 rings (SSSR count). The molecule has 1 aromatic heterocycles. The number of pyridine rings is 1. The zero-order valence-electron chi connectivity index (χ0n) is 10.3. The minimum absolute atomic E-state index is 0.1000. The molecular formula is C14H12BrClFNO. The number of rotatable bonds is 4. The summed E-state index contributed by atoms with van der Waals surface area (Å²) in [6, 6.07) is 8.39. The number of benzene rings is 1. The first kappa shape index (κ1) is 14.3. The molecule has 0 amide bonds. The smallest absolute Gasteiger partial charge is 0.142 e. The third-order valence-electron chi connectivity index (χ3n) is 2.61. The maximum atomic E-state index is 13.3. The highest BCUT2D eigenvalue weighted by Crippen LogP contribution is 2.24. The molecule has 100 valence electrons. The highest BCUT2D eigenvalue weighted by molar-refractivity contribution is 9.08. The second kappa shape index (κ2) is 6.35. The molecule has 0 aliphatic rings. The average molecular weight is 345 g/mol. The minimum Gasteiger partial charge on any atom is -0.487 e. The van der Waals surface area contributed by atoms with Gasteiger partial charge in [0.05, 0.1) is 10.7 Å². The van der Waals surface area contributed by atoms with Gasteiger partial charge in [-0.05, 0) is 25.1 Å². The summed E-state index contributed by atoms with van der Waals surface area (Å²) in [6.07, 6.45) is 0. The predicted molar refractivity (Wildman–Crippen MR) is 77.3 cm³/mol. The quantitative estimate of drug-likeness (QED) is 0.753. The van der Waals surface area contributed by atoms with Gasteiger partial charge in [0.15, 0.2) is 0 Å². The normalized spacial score (nSPS) is 10.5. The first-order chi connectivity index (χ1) is 9.11. The van der Waals surface area contributed by atoms with Crippen LogP contribution in [0.3, 0.4) is 0 Å². The van der Waals surface area contributed by atoms with E-state index in [1.165, 1.54) is 6.07 Å². The van der Waals surface area contributed by atoms with Gasteiger partial charge in [-0.25, -0.2) is 4.39 Å². The molecule has 1 aromatic carbocycles. The van der Waals surface area contributed by atoms with Crippen LogP contribution in [-0.2, 0) is 11.9 Å². The Balaban J connectivity index is 2.17. The molecule has 1 heterocycles. The van der Waals surface area contributed by atoms with Crippen molar-refractivity contribution in [3.63, 3.8) is 0 Å². The minimum atomic E-state index is -0.439. The predicted octanol–water partition coefficient (Wildman–Crippen LogP) is 4.66. The third kappa shape index (κ3) is 3.45. The highest BCUT2D eigenvalue weighted by Gasteiger charge is 2.09. The molecule has 0 radical (unpaired) electrons. The number of nitrogens with zero attached hydrogens (tertiary/aromatic N) is 1. The SMILES string of the molecule is Cc1ccc(OCc2cccc(F)c2Cl)c(CBr)n1. The molecule has 0 spiro atoms. The van der Waals surface area contributed by atoms with Gasteiger partial charge in [-0.3, -0.25) is 4.98 Å². The Morgan fingerprint density at radius 2 is 2.11 bits per heavy atom. The lowest BCUT2D eigenvalue weighted by Gasteiger charge is -2.11. The van der Waals surface area contributed by atoms with Crippen molar-refractivity contribution in [1.29, 1.82) is 0 Å². The number of ether oxygens (including phenoxy) is 1. The summed E-state index contributed by atoms with van der Waals surface area (Å²) in [5, 5.41) is 0.698. The van der Waals surface area contributed by atoms with Crippen LogP contribution < -0.4 is 4.74 Å². The van der Waals surface area contributed by atoms with Gasteiger partial charge in [-0.1, -0.05) is 39.7 Å². The highest BCUT2D eigenvalue weighted by atomic mass is 79.9. The maximum absolute atomic E-state index is 13.3. The first-order valence-electron chi connectivity index (χ1n) is 5.70. The Morgan fingerprint density at radius 3 is 2.84 bits per heavy atom. The van der Waals surface area contributed by atoms with Crippen LogP contribution in [-0.4, -0.2) is 4.98 Å². The molecule has 0 fully saturated rings. The molecule has 19 heavy (non-hydrogen) atoms. The van der Waals surface area contributed by atoms with Crippen LogP contribution in [0.5, 0.6) is 5.75 Å². The molecule has 0 bridgehead atoms. The van der Waals surface area contributed by atoms with E-state index < -0.39 is 5.82 Å². The summed E-state index contributed by atoms with van der Waals surface area (Å²) >= 11 is 9.24. The van der Waals surface area contributed by atoms with E-state index in [-0.39, 0.29) is 11.6 Å². The maximum Gasteiger partial charge on any atom is 0.142 e. The van der Waals surface area contributed by atoms with Gasteiger partial charge < -0.3 is 4.74 Å². The Morgan fingerprint density at radius 1 is 1.32 bits per heavy atom. The van der Waals surface area contributed by atoms with Crippen LogP contribution in [0.1, 0.15) is 17.0 Å². The van der Waals surface area contributed by atoms with Crippen LogP contribution in [0, 0.1) is 12.7 Å². The number of hydrogen-bond donors (Lipinski definition) is 0. The zero-order valence-corrected chi connectivity index (χ0v) is 12.6. The summed E-state index contributed by atoms with van der Waals surface area (Å²) in [4.78, 5) is 4.36. The summed E-state index contributed by atoms with van der Waals surface area (Å²) in [7, 11) is 0. The molecule has 0 aliphatic heterocycles. The van der Waals surface area contributed by atoms with Crippen molar-refractivity contribution in [2.75, 3.05) is 0 Å². The summed E-state index contributed by atoms with van der Waals surface area (Å²) in [5.74, 6) is 0.230. The molecule has 2 nitrogen and oxygen atoms in total. The fraction of sp³-hybridized carbons (Fsp3) is 0.214. The van der Waals surface area contributed by atoms with Gasteiger partial charge in [0.2, 0.25) is 0 Å². The lowest BCUT2D eigenvalue weighted by molar-refractivity contribution is 0.301. The van der Waals surface area contributed by atoms with Crippen LogP contribution in [0.25, 0.3) is 0 Å². The lowest BCUT2D eigenvalue weighted by Crippen LogP contribution is -2.01. The van der Waals surface area contributed by atoms with Crippen molar-refractivity contribution in [1.82, 2.24) is 4.98 Å². The molecule has 2 aromatic rings. The van der Waals surface area contributed by atoms with Gasteiger partial charge in [-0.15, -0.1) is 0 Å². The topological polar surface area (TPSA) is 22.1 Å². The van der Waals surface area contributed by atoms with Crippen LogP contribution in [0.2, 0.25) is 5.02 Å². The largest absolute Gasteiger partial charge is 0.487 e. The van der Waals surface area contributed by atoms with E-state index >= 15 is 0 Å². The lowest BCUT2D eigenvalue weighted by atomic mass is 10.2. The van der Waals surface area contributed by atoms with Crippen LogP contribution >= 0.6 is 27.5 Å². The summed E-state index contributed by atoms with van der Waals surface area (Å²) in [6.45, 7) is 2.13. The summed E-state index contributed by atoms with van der Waals surface area (Å²) in [5.41, 5.74) is 2.35. The molecule has 0 N–H and O–H groups in total. The van der Waals surface area contributed by atoms with E-state index in [1.54, 1.807) is 12.1 Å². The molecule has 0 aliphatic carbocycles. The van der Waals surface area contributed by atoms with Gasteiger partial charge in [0, 0.05) is 16.6 Å². The van der Waals surface area contributed by atoms with Gasteiger partial charge in [-0.2, -0.15) is 0 Å². The number of halogens is 3. The average Bonchev–Trinajstić information content (AvgIpc) is 2.41. The third-order valence-corrected chi connectivity index (χ3v) is 3.57. The second-order valence-electron chi connectivity index (χ2n) is 4.03. The molecule has 0 saturated carbocycles. The van der Waals surface area contributed by atoms with Crippen molar-refractivity contribution in [3.05, 3.63) is 58.1 Å². The molecule has 0 atom stereocenters. The van der Waals surface area contributed by atoms with Crippen molar-refractivity contribution in [2.45, 2.75) is 18.9 Å². The van der Waals surface area contributed by atoms with Crippen LogP contribution in [0.4, 0.5) is 4.39 Å². The molecule has 5 heteroatoms. The number of alkyl halides is 1. The number of hydrogen-bond acceptors (Lipinski definition) is 2. The van der Waals surface area contributed by atoms with E-state index in [2.05, 4.69) is 20.9 Å². The Bertz CT molecular complexity index is 592. The van der Waals surface area contributed by atoms with Crippen molar-refractivity contribution >= 4 is 27.5 Å². The zero-order chi connectivity index (χ0) is 13.8. The number of aromatic nitrogens is 1. The van der Waals surface area contributed by atoms with Crippen molar-refractivity contribution in [3.8, 4) is 5.75 Å². The fourth-order valence-electron chi connectivity index (χ4n) is 1.64. The Hall–Kier alpha value is -1.13. The van der Waals surface area contributed by atoms with Gasteiger partial charge in [0.1, 0.15) is 18.2 Å². The molecule has 0 unspecified atom stereocenters. The van der Waals surface area contributed by atoms with E-state index in [9.17, 15) is 4.39 Å². The van der Waals surface area contributed by atoms with E-state index in [1.807, 2.05) is 19.1 Å². The monoisotopic (exact) mass is 343 g/mol. The summed E-state index contributed by atoms with van der Waals surface area (Å²) < 4.78 is 19.0. The van der Waals surface area contributed by atoms with Gasteiger partial charge >= 0.3 is 0 Å². The first-order valence-corrected chi connectivity index (χ1v) is 7.20. The number of aryl methyl sites for hydroxylation is 1. The van der Waals surface area contributed by atoms with E-state index in [0.717, 1.165) is 11.4 Å². The van der Waals surface area contributed by atoms with E-state index in [0.29, 0.717) is 16.6 Å². The Labute approximate surface area is 124 Å². The standard InChI is InChI=1S/C14H12BrClFNO/c1-9-5-6-13(12(7-15)18-9)19-8-10-3-2-4-11(17)14(10)16/h2-6H,7-8H2,1H3. The fourth-order valence-corrected chi connectivity index (χ4v) is 2.22. The van der Waals surface area contributed by atoms with Crippen molar-refractivity contribution in [2.24, 2.45) is 0 Å². The van der Waals surface area contributed by atoms with E-state index in [4.69, 9.17) is 16.3 Å². The van der Waals surface area contributed by atoms with Crippen molar-refractivity contribution < 1.29 is 9.13 Å².